The van der Waals surface area contributed by atoms with E-state index in [2.05, 4.69) is 51.5 Å². The molecule has 7 heteroatoms. The van der Waals surface area contributed by atoms with Crippen molar-refractivity contribution in [2.45, 2.75) is 13.8 Å². The lowest BCUT2D eigenvalue weighted by Crippen LogP contribution is -2.24. The van der Waals surface area contributed by atoms with Crippen molar-refractivity contribution >= 4 is 18.0 Å². The summed E-state index contributed by atoms with van der Waals surface area (Å²) in [5.41, 5.74) is 8.32. The van der Waals surface area contributed by atoms with Crippen molar-refractivity contribution in [2.75, 3.05) is 37.6 Å². The van der Waals surface area contributed by atoms with E-state index in [1.807, 2.05) is 36.2 Å². The number of hydrazone groups is 1. The van der Waals surface area contributed by atoms with Gasteiger partial charge in [-0.05, 0) is 42.7 Å². The minimum Gasteiger partial charge on any atom is -0.383 e. The maximum absolute atomic E-state index is 5.17. The molecule has 1 aromatic carbocycles. The third kappa shape index (κ3) is 5.58. The first-order valence-electron chi connectivity index (χ1n) is 9.42. The molecule has 0 saturated heterocycles. The van der Waals surface area contributed by atoms with E-state index in [1.165, 1.54) is 11.1 Å². The minimum absolute atomic E-state index is 0.590. The lowest BCUT2D eigenvalue weighted by molar-refractivity contribution is 0.206. The van der Waals surface area contributed by atoms with Crippen molar-refractivity contribution in [1.29, 1.82) is 0 Å². The van der Waals surface area contributed by atoms with Crippen LogP contribution in [0.1, 0.15) is 16.7 Å². The monoisotopic (exact) mass is 390 g/mol. The topological polar surface area (TPSA) is 75.5 Å². The van der Waals surface area contributed by atoms with E-state index in [0.717, 1.165) is 16.8 Å². The molecule has 0 aliphatic carbocycles. The number of likely N-dealkylation sites (N-methyl/N-ethyl adjacent to an activating group) is 1. The Hall–Kier alpha value is -3.32. The number of rotatable bonds is 8. The van der Waals surface area contributed by atoms with Crippen molar-refractivity contribution in [2.24, 2.45) is 5.10 Å². The van der Waals surface area contributed by atoms with Crippen molar-refractivity contribution in [3.05, 3.63) is 65.5 Å². The van der Waals surface area contributed by atoms with Gasteiger partial charge >= 0.3 is 0 Å². The molecule has 0 atom stereocenters. The molecule has 0 saturated carbocycles. The van der Waals surface area contributed by atoms with Gasteiger partial charge in [0.1, 0.15) is 0 Å². The maximum Gasteiger partial charge on any atom is 0.227 e. The van der Waals surface area contributed by atoms with Gasteiger partial charge in [-0.2, -0.15) is 10.1 Å². The quantitative estimate of drug-likeness (QED) is 0.467. The molecule has 29 heavy (non-hydrogen) atoms. The van der Waals surface area contributed by atoms with Crippen LogP contribution in [0.25, 0.3) is 11.3 Å². The molecular weight excluding hydrogens is 364 g/mol. The highest BCUT2D eigenvalue weighted by atomic mass is 16.5. The van der Waals surface area contributed by atoms with E-state index >= 15 is 0 Å². The third-order valence-electron chi connectivity index (χ3n) is 4.59. The third-order valence-corrected chi connectivity index (χ3v) is 4.59. The van der Waals surface area contributed by atoms with Gasteiger partial charge in [0.2, 0.25) is 5.95 Å². The Morgan fingerprint density at radius 3 is 2.59 bits per heavy atom. The number of hydrogen-bond donors (Lipinski definition) is 1. The second kappa shape index (κ2) is 9.75. The summed E-state index contributed by atoms with van der Waals surface area (Å²) >= 11 is 0. The van der Waals surface area contributed by atoms with Gasteiger partial charge in [-0.15, -0.1) is 0 Å². The van der Waals surface area contributed by atoms with Gasteiger partial charge in [0.05, 0.1) is 18.5 Å². The Balaban J connectivity index is 1.86. The Morgan fingerprint density at radius 1 is 1.07 bits per heavy atom. The van der Waals surface area contributed by atoms with Gasteiger partial charge in [0, 0.05) is 44.7 Å². The van der Waals surface area contributed by atoms with Crippen LogP contribution < -0.4 is 10.3 Å². The number of ether oxygens (including phenoxy) is 1. The Bertz CT molecular complexity index is 974. The van der Waals surface area contributed by atoms with E-state index in [4.69, 9.17) is 4.74 Å². The number of benzene rings is 1. The molecule has 150 valence electrons. The van der Waals surface area contributed by atoms with E-state index < -0.39 is 0 Å². The summed E-state index contributed by atoms with van der Waals surface area (Å²) in [6.07, 6.45) is 5.28. The second-order valence-corrected chi connectivity index (χ2v) is 6.80. The lowest BCUT2D eigenvalue weighted by Gasteiger charge is -2.18. The van der Waals surface area contributed by atoms with Gasteiger partial charge in [0.25, 0.3) is 0 Å². The molecule has 0 amide bonds. The lowest BCUT2D eigenvalue weighted by atomic mass is 10.1. The number of aromatic nitrogens is 3. The van der Waals surface area contributed by atoms with Crippen LogP contribution in [-0.2, 0) is 4.74 Å². The average Bonchev–Trinajstić information content (AvgIpc) is 2.75. The smallest absolute Gasteiger partial charge is 0.227 e. The van der Waals surface area contributed by atoms with Crippen molar-refractivity contribution in [3.63, 3.8) is 0 Å². The first kappa shape index (κ1) is 20.4. The standard InChI is InChI=1S/C22H26N6O/c1-16-5-6-18(13-17(16)2)15-24-27-21-14-20(19-7-9-23-10-8-19)25-22(26-21)28(3)11-12-29-4/h5-10,13-15H,11-12H2,1-4H3,(H,25,26,27). The molecular formula is C22H26N6O. The Kier molecular flexibility index (Phi) is 6.86. The Morgan fingerprint density at radius 2 is 1.86 bits per heavy atom. The summed E-state index contributed by atoms with van der Waals surface area (Å²) in [7, 11) is 3.61. The van der Waals surface area contributed by atoms with Crippen molar-refractivity contribution in [1.82, 2.24) is 15.0 Å². The number of nitrogens with zero attached hydrogens (tertiary/aromatic N) is 5. The molecule has 0 aliphatic rings. The minimum atomic E-state index is 0.590. The largest absolute Gasteiger partial charge is 0.383 e. The molecule has 3 aromatic rings. The molecule has 0 fully saturated rings. The zero-order valence-corrected chi connectivity index (χ0v) is 17.3. The van der Waals surface area contributed by atoms with E-state index in [1.54, 1.807) is 25.7 Å². The highest BCUT2D eigenvalue weighted by Gasteiger charge is 2.10. The molecule has 1 N–H and O–H groups in total. The van der Waals surface area contributed by atoms with Crippen LogP contribution in [0.4, 0.5) is 11.8 Å². The van der Waals surface area contributed by atoms with Crippen LogP contribution in [0.2, 0.25) is 0 Å². The highest BCUT2D eigenvalue weighted by molar-refractivity contribution is 5.80. The van der Waals surface area contributed by atoms with Crippen molar-refractivity contribution < 1.29 is 4.74 Å². The number of anilines is 2. The molecule has 3 rings (SSSR count). The molecule has 0 unspecified atom stereocenters. The summed E-state index contributed by atoms with van der Waals surface area (Å²) in [4.78, 5) is 15.3. The first-order chi connectivity index (χ1) is 14.1. The zero-order valence-electron chi connectivity index (χ0n) is 17.3. The SMILES string of the molecule is COCCN(C)c1nc(NN=Cc2ccc(C)c(C)c2)cc(-c2ccncc2)n1. The normalized spacial score (nSPS) is 11.0. The first-order valence-corrected chi connectivity index (χ1v) is 9.42. The molecule has 2 aromatic heterocycles. The number of methoxy groups -OCH3 is 1. The van der Waals surface area contributed by atoms with E-state index in [0.29, 0.717) is 24.9 Å². The number of pyridine rings is 1. The van der Waals surface area contributed by atoms with Gasteiger partial charge in [-0.3, -0.25) is 10.4 Å². The summed E-state index contributed by atoms with van der Waals surface area (Å²) in [5.74, 6) is 1.21. The van der Waals surface area contributed by atoms with Crippen LogP contribution >= 0.6 is 0 Å². The maximum atomic E-state index is 5.17. The second-order valence-electron chi connectivity index (χ2n) is 6.80. The van der Waals surface area contributed by atoms with Crippen LogP contribution in [-0.4, -0.2) is 48.5 Å². The summed E-state index contributed by atoms with van der Waals surface area (Å²) < 4.78 is 5.17. The molecule has 0 spiro atoms. The van der Waals surface area contributed by atoms with Crippen molar-refractivity contribution in [3.8, 4) is 11.3 Å². The van der Waals surface area contributed by atoms with Crippen LogP contribution in [0.15, 0.2) is 53.9 Å². The predicted molar refractivity (Wildman–Crippen MR) is 118 cm³/mol. The predicted octanol–water partition coefficient (Wildman–Crippen LogP) is 3.68. The highest BCUT2D eigenvalue weighted by Crippen LogP contribution is 2.22. The fourth-order valence-corrected chi connectivity index (χ4v) is 2.68. The van der Waals surface area contributed by atoms with Gasteiger partial charge in [-0.25, -0.2) is 4.98 Å². The fraction of sp³-hybridized carbons (Fsp3) is 0.273. The summed E-state index contributed by atoms with van der Waals surface area (Å²) in [6, 6.07) is 12.0. The Labute approximate surface area is 171 Å². The molecule has 7 nitrogen and oxygen atoms in total. The summed E-state index contributed by atoms with van der Waals surface area (Å²) in [5, 5.41) is 4.36. The van der Waals surface area contributed by atoms with Gasteiger partial charge < -0.3 is 9.64 Å². The summed E-state index contributed by atoms with van der Waals surface area (Å²) in [6.45, 7) is 5.46. The molecule has 0 radical (unpaired) electrons. The number of nitrogens with one attached hydrogen (secondary N) is 1. The van der Waals surface area contributed by atoms with Gasteiger partial charge in [-0.1, -0.05) is 18.2 Å². The molecule has 0 aliphatic heterocycles. The zero-order chi connectivity index (χ0) is 20.6. The van der Waals surface area contributed by atoms with E-state index in [-0.39, 0.29) is 0 Å². The average molecular weight is 390 g/mol. The molecule has 2 heterocycles. The van der Waals surface area contributed by atoms with Crippen LogP contribution in [0, 0.1) is 13.8 Å². The fourth-order valence-electron chi connectivity index (χ4n) is 2.68. The molecule has 0 bridgehead atoms. The number of hydrogen-bond acceptors (Lipinski definition) is 7. The van der Waals surface area contributed by atoms with Gasteiger partial charge in [0.15, 0.2) is 5.82 Å². The number of aryl methyl sites for hydroxylation is 2. The van der Waals surface area contributed by atoms with Crippen LogP contribution in [0.5, 0.6) is 0 Å². The van der Waals surface area contributed by atoms with Crippen LogP contribution in [0.3, 0.4) is 0 Å². The van der Waals surface area contributed by atoms with E-state index in [9.17, 15) is 0 Å².